The molecule has 0 amide bonds. The monoisotopic (exact) mass is 355 g/mol. The summed E-state index contributed by atoms with van der Waals surface area (Å²) in [5, 5.41) is 27.8. The highest BCUT2D eigenvalue weighted by Crippen LogP contribution is 2.20. The zero-order valence-corrected chi connectivity index (χ0v) is 14.0. The first-order valence-electron chi connectivity index (χ1n) is 6.97. The van der Waals surface area contributed by atoms with E-state index >= 15 is 0 Å². The molecule has 0 saturated carbocycles. The van der Waals surface area contributed by atoms with Crippen molar-refractivity contribution in [3.63, 3.8) is 0 Å². The second kappa shape index (κ2) is 8.93. The fourth-order valence-electron chi connectivity index (χ4n) is 1.75. The van der Waals surface area contributed by atoms with Crippen LogP contribution in [0, 0.1) is 0 Å². The third-order valence-corrected chi connectivity index (χ3v) is 4.27. The molecular formula is C15H18ClN3O3S. The number of aliphatic hydroxyl groups excluding tert-OH is 2. The van der Waals surface area contributed by atoms with Gasteiger partial charge in [0.25, 0.3) is 0 Å². The Morgan fingerprint density at radius 2 is 2.09 bits per heavy atom. The van der Waals surface area contributed by atoms with Gasteiger partial charge < -0.3 is 14.9 Å². The molecule has 0 fully saturated rings. The van der Waals surface area contributed by atoms with E-state index in [1.54, 1.807) is 30.3 Å². The Bertz CT molecular complexity index is 633. The molecule has 0 aliphatic carbocycles. The van der Waals surface area contributed by atoms with Gasteiger partial charge in [-0.05, 0) is 24.3 Å². The van der Waals surface area contributed by atoms with Crippen LogP contribution < -0.4 is 4.74 Å². The van der Waals surface area contributed by atoms with Crippen LogP contribution >= 0.6 is 23.4 Å². The van der Waals surface area contributed by atoms with E-state index in [1.807, 2.05) is 4.57 Å². The van der Waals surface area contributed by atoms with Gasteiger partial charge in [0, 0.05) is 17.3 Å². The maximum atomic E-state index is 9.44. The largest absolute Gasteiger partial charge is 0.486 e. The van der Waals surface area contributed by atoms with Crippen molar-refractivity contribution in [1.82, 2.24) is 14.8 Å². The lowest BCUT2D eigenvalue weighted by Crippen LogP contribution is -2.15. The first kappa shape index (κ1) is 17.8. The maximum absolute atomic E-state index is 9.44. The Morgan fingerprint density at radius 3 is 2.74 bits per heavy atom. The van der Waals surface area contributed by atoms with Crippen LogP contribution in [0.25, 0.3) is 0 Å². The third kappa shape index (κ3) is 5.24. The number of thioether (sulfide) groups is 1. The molecule has 0 aliphatic heterocycles. The van der Waals surface area contributed by atoms with Gasteiger partial charge >= 0.3 is 0 Å². The van der Waals surface area contributed by atoms with E-state index in [-0.39, 0.29) is 13.2 Å². The van der Waals surface area contributed by atoms with Gasteiger partial charge in [-0.3, -0.25) is 4.57 Å². The lowest BCUT2D eigenvalue weighted by molar-refractivity contribution is 0.113. The van der Waals surface area contributed by atoms with Crippen LogP contribution in [0.4, 0.5) is 0 Å². The standard InChI is InChI=1S/C15H18ClN3O3S/c1-2-7-19-14(9-22-13-5-3-11(16)4-6-13)17-18-15(19)23-10-12(21)8-20/h2-6,12,20-21H,1,7-10H2. The molecule has 0 bridgehead atoms. The van der Waals surface area contributed by atoms with E-state index in [9.17, 15) is 5.11 Å². The molecule has 8 heteroatoms. The van der Waals surface area contributed by atoms with E-state index in [1.165, 1.54) is 11.8 Å². The smallest absolute Gasteiger partial charge is 0.191 e. The Balaban J connectivity index is 2.04. The second-order valence-corrected chi connectivity index (χ2v) is 6.11. The lowest BCUT2D eigenvalue weighted by atomic mass is 10.3. The molecule has 2 aromatic rings. The SMILES string of the molecule is C=CCn1c(COc2ccc(Cl)cc2)nnc1SCC(O)CO. The highest BCUT2D eigenvalue weighted by atomic mass is 35.5. The first-order valence-corrected chi connectivity index (χ1v) is 8.33. The summed E-state index contributed by atoms with van der Waals surface area (Å²) >= 11 is 7.16. The van der Waals surface area contributed by atoms with E-state index in [0.29, 0.717) is 34.1 Å². The van der Waals surface area contributed by atoms with Crippen molar-refractivity contribution >= 4 is 23.4 Å². The number of rotatable bonds is 9. The fourth-order valence-corrected chi connectivity index (χ4v) is 2.75. The Morgan fingerprint density at radius 1 is 1.35 bits per heavy atom. The quantitative estimate of drug-likeness (QED) is 0.530. The topological polar surface area (TPSA) is 80.4 Å². The molecule has 1 heterocycles. The summed E-state index contributed by atoms with van der Waals surface area (Å²) in [5.74, 6) is 1.68. The molecule has 6 nitrogen and oxygen atoms in total. The molecule has 2 N–H and O–H groups in total. The van der Waals surface area contributed by atoms with Crippen molar-refractivity contribution in [1.29, 1.82) is 0 Å². The van der Waals surface area contributed by atoms with Crippen molar-refractivity contribution in [3.05, 3.63) is 47.8 Å². The van der Waals surface area contributed by atoms with Crippen molar-refractivity contribution in [2.24, 2.45) is 0 Å². The van der Waals surface area contributed by atoms with Crippen LogP contribution in [0.2, 0.25) is 5.02 Å². The molecule has 0 aliphatic rings. The highest BCUT2D eigenvalue weighted by Gasteiger charge is 2.14. The minimum atomic E-state index is -0.789. The molecule has 1 atom stereocenters. The van der Waals surface area contributed by atoms with Crippen LogP contribution in [0.15, 0.2) is 42.1 Å². The van der Waals surface area contributed by atoms with Gasteiger partial charge in [-0.1, -0.05) is 29.4 Å². The van der Waals surface area contributed by atoms with Crippen LogP contribution in [-0.2, 0) is 13.2 Å². The van der Waals surface area contributed by atoms with Crippen molar-refractivity contribution < 1.29 is 14.9 Å². The van der Waals surface area contributed by atoms with Crippen LogP contribution in [0.3, 0.4) is 0 Å². The van der Waals surface area contributed by atoms with Crippen molar-refractivity contribution in [2.45, 2.75) is 24.4 Å². The van der Waals surface area contributed by atoms with Gasteiger partial charge in [0.05, 0.1) is 12.7 Å². The van der Waals surface area contributed by atoms with E-state index in [4.69, 9.17) is 21.4 Å². The van der Waals surface area contributed by atoms with Gasteiger partial charge in [0.1, 0.15) is 12.4 Å². The predicted molar refractivity (Wildman–Crippen MR) is 89.8 cm³/mol. The number of ether oxygens (including phenoxy) is 1. The summed E-state index contributed by atoms with van der Waals surface area (Å²) in [4.78, 5) is 0. The van der Waals surface area contributed by atoms with Crippen LogP contribution in [0.5, 0.6) is 5.75 Å². The van der Waals surface area contributed by atoms with Gasteiger partial charge in [-0.2, -0.15) is 0 Å². The summed E-state index contributed by atoms with van der Waals surface area (Å²) in [7, 11) is 0. The molecule has 1 aromatic heterocycles. The minimum Gasteiger partial charge on any atom is -0.486 e. The van der Waals surface area contributed by atoms with Crippen LogP contribution in [0.1, 0.15) is 5.82 Å². The number of nitrogens with zero attached hydrogens (tertiary/aromatic N) is 3. The summed E-state index contributed by atoms with van der Waals surface area (Å²) < 4.78 is 7.54. The first-order chi connectivity index (χ1) is 11.1. The molecule has 2 rings (SSSR count). The highest BCUT2D eigenvalue weighted by molar-refractivity contribution is 7.99. The van der Waals surface area contributed by atoms with Crippen LogP contribution in [-0.4, -0.2) is 43.4 Å². The Hall–Kier alpha value is -1.54. The Labute approximate surface area is 143 Å². The second-order valence-electron chi connectivity index (χ2n) is 4.69. The zero-order valence-electron chi connectivity index (χ0n) is 12.4. The number of allylic oxidation sites excluding steroid dienone is 1. The summed E-state index contributed by atoms with van der Waals surface area (Å²) in [6.45, 7) is 4.23. The molecule has 23 heavy (non-hydrogen) atoms. The average Bonchev–Trinajstić information content (AvgIpc) is 2.94. The Kier molecular flexibility index (Phi) is 6.91. The molecule has 0 spiro atoms. The number of benzene rings is 1. The molecule has 0 saturated heterocycles. The average molecular weight is 356 g/mol. The van der Waals surface area contributed by atoms with Crippen molar-refractivity contribution in [2.75, 3.05) is 12.4 Å². The van der Waals surface area contributed by atoms with E-state index in [0.717, 1.165) is 0 Å². The molecule has 124 valence electrons. The summed E-state index contributed by atoms with van der Waals surface area (Å²) in [5.41, 5.74) is 0. The third-order valence-electron chi connectivity index (χ3n) is 2.90. The predicted octanol–water partition coefficient (Wildman–Crippen LogP) is 2.14. The number of aromatic nitrogens is 3. The summed E-state index contributed by atoms with van der Waals surface area (Å²) in [6.07, 6.45) is 0.949. The maximum Gasteiger partial charge on any atom is 0.191 e. The summed E-state index contributed by atoms with van der Waals surface area (Å²) in [6, 6.07) is 7.07. The molecule has 1 aromatic carbocycles. The number of hydrogen-bond acceptors (Lipinski definition) is 6. The molecule has 1 unspecified atom stereocenters. The minimum absolute atomic E-state index is 0.256. The fraction of sp³-hybridized carbons (Fsp3) is 0.333. The number of hydrogen-bond donors (Lipinski definition) is 2. The van der Waals surface area contributed by atoms with Gasteiger partial charge in [0.15, 0.2) is 11.0 Å². The van der Waals surface area contributed by atoms with Gasteiger partial charge in [-0.25, -0.2) is 0 Å². The number of aliphatic hydroxyl groups is 2. The molecule has 0 radical (unpaired) electrons. The van der Waals surface area contributed by atoms with E-state index in [2.05, 4.69) is 16.8 Å². The van der Waals surface area contributed by atoms with Gasteiger partial charge in [0.2, 0.25) is 0 Å². The van der Waals surface area contributed by atoms with E-state index < -0.39 is 6.10 Å². The normalized spacial score (nSPS) is 12.1. The zero-order chi connectivity index (χ0) is 16.7. The van der Waals surface area contributed by atoms with Gasteiger partial charge in [-0.15, -0.1) is 16.8 Å². The van der Waals surface area contributed by atoms with Crippen molar-refractivity contribution in [3.8, 4) is 5.75 Å². The number of halogens is 1. The lowest BCUT2D eigenvalue weighted by Gasteiger charge is -2.10. The molecular weight excluding hydrogens is 338 g/mol.